The van der Waals surface area contributed by atoms with E-state index in [4.69, 9.17) is 5.11 Å². The Morgan fingerprint density at radius 3 is 2.36 bits per heavy atom. The Morgan fingerprint density at radius 2 is 1.64 bits per heavy atom. The fourth-order valence-corrected chi connectivity index (χ4v) is 3.12. The molecule has 1 aliphatic rings. The summed E-state index contributed by atoms with van der Waals surface area (Å²) in [5.41, 5.74) is 2.55. The normalized spacial score (nSPS) is 15.0. The van der Waals surface area contributed by atoms with Crippen molar-refractivity contribution in [1.29, 1.82) is 0 Å². The highest BCUT2D eigenvalue weighted by Gasteiger charge is 2.35. The Kier molecular flexibility index (Phi) is 4.33. The van der Waals surface area contributed by atoms with Crippen molar-refractivity contribution in [2.45, 2.75) is 0 Å². The van der Waals surface area contributed by atoms with Crippen molar-refractivity contribution in [2.24, 2.45) is 0 Å². The second-order valence-electron chi connectivity index (χ2n) is 6.25. The number of carbonyl (C=O) groups excluding carboxylic acids is 2. The molecule has 1 aromatic heterocycles. The molecular formula is C21H15N3O4. The standard InChI is InChI=1S/C21H15N3O4/c25-19(26)13-23-20(27)17-9-5-4-8-16(17)18(21(23)28)10-14-11-22-24(12-14)15-6-2-1-3-7-15/h1-12H,13H2,(H,25,26). The number of carboxylic acids is 1. The lowest BCUT2D eigenvalue weighted by Gasteiger charge is -2.27. The van der Waals surface area contributed by atoms with Gasteiger partial charge in [-0.15, -0.1) is 0 Å². The highest BCUT2D eigenvalue weighted by Crippen LogP contribution is 2.30. The van der Waals surface area contributed by atoms with Crippen LogP contribution in [0.5, 0.6) is 0 Å². The summed E-state index contributed by atoms with van der Waals surface area (Å²) in [6, 6.07) is 16.2. The van der Waals surface area contributed by atoms with Crippen molar-refractivity contribution in [3.8, 4) is 5.69 Å². The zero-order valence-electron chi connectivity index (χ0n) is 14.6. The summed E-state index contributed by atoms with van der Waals surface area (Å²) in [4.78, 5) is 37.3. The molecule has 7 heteroatoms. The van der Waals surface area contributed by atoms with E-state index in [9.17, 15) is 14.4 Å². The van der Waals surface area contributed by atoms with E-state index in [1.807, 2.05) is 30.3 Å². The van der Waals surface area contributed by atoms with E-state index in [1.54, 1.807) is 47.4 Å². The first-order valence-electron chi connectivity index (χ1n) is 8.54. The molecule has 0 bridgehead atoms. The second kappa shape index (κ2) is 6.96. The first-order chi connectivity index (χ1) is 13.5. The number of rotatable bonds is 4. The van der Waals surface area contributed by atoms with E-state index in [2.05, 4.69) is 5.10 Å². The van der Waals surface area contributed by atoms with E-state index in [0.717, 1.165) is 10.6 Å². The van der Waals surface area contributed by atoms with Crippen LogP contribution < -0.4 is 0 Å². The molecule has 0 saturated heterocycles. The molecule has 1 N–H and O–H groups in total. The molecule has 0 fully saturated rings. The lowest BCUT2D eigenvalue weighted by Crippen LogP contribution is -2.44. The monoisotopic (exact) mass is 373 g/mol. The van der Waals surface area contributed by atoms with Gasteiger partial charge in [-0.25, -0.2) is 4.68 Å². The van der Waals surface area contributed by atoms with E-state index < -0.39 is 24.3 Å². The number of imide groups is 1. The summed E-state index contributed by atoms with van der Waals surface area (Å²) in [5, 5.41) is 13.4. The highest BCUT2D eigenvalue weighted by molar-refractivity contribution is 6.34. The van der Waals surface area contributed by atoms with Gasteiger partial charge >= 0.3 is 5.97 Å². The zero-order valence-corrected chi connectivity index (χ0v) is 14.6. The molecule has 1 aliphatic heterocycles. The van der Waals surface area contributed by atoms with Crippen molar-refractivity contribution < 1.29 is 19.5 Å². The summed E-state index contributed by atoms with van der Waals surface area (Å²) in [5.74, 6) is -2.50. The van der Waals surface area contributed by atoms with Crippen LogP contribution in [0.15, 0.2) is 67.0 Å². The van der Waals surface area contributed by atoms with Crippen LogP contribution in [0.2, 0.25) is 0 Å². The van der Waals surface area contributed by atoms with Gasteiger partial charge < -0.3 is 5.11 Å². The molecule has 4 rings (SSSR count). The second-order valence-corrected chi connectivity index (χ2v) is 6.25. The molecule has 0 saturated carbocycles. The molecule has 0 unspecified atom stereocenters. The fourth-order valence-electron chi connectivity index (χ4n) is 3.12. The Hall–Kier alpha value is -4.00. The van der Waals surface area contributed by atoms with Crippen molar-refractivity contribution in [3.63, 3.8) is 0 Å². The molecule has 0 atom stereocenters. The summed E-state index contributed by atoms with van der Waals surface area (Å²) < 4.78 is 1.67. The number of hydrogen-bond acceptors (Lipinski definition) is 4. The number of nitrogens with zero attached hydrogens (tertiary/aromatic N) is 3. The van der Waals surface area contributed by atoms with Crippen LogP contribution in [0.4, 0.5) is 0 Å². The van der Waals surface area contributed by atoms with E-state index >= 15 is 0 Å². The summed E-state index contributed by atoms with van der Waals surface area (Å²) in [6.45, 7) is -0.688. The van der Waals surface area contributed by atoms with Crippen LogP contribution in [-0.2, 0) is 9.59 Å². The van der Waals surface area contributed by atoms with Gasteiger partial charge in [0, 0.05) is 22.9 Å². The minimum atomic E-state index is -1.25. The average molecular weight is 373 g/mol. The molecule has 2 heterocycles. The number of carbonyl (C=O) groups is 3. The summed E-state index contributed by atoms with van der Waals surface area (Å²) in [6.07, 6.45) is 4.99. The van der Waals surface area contributed by atoms with Crippen molar-refractivity contribution in [3.05, 3.63) is 83.7 Å². The molecule has 28 heavy (non-hydrogen) atoms. The van der Waals surface area contributed by atoms with Gasteiger partial charge in [-0.3, -0.25) is 19.3 Å². The Morgan fingerprint density at radius 1 is 0.964 bits per heavy atom. The smallest absolute Gasteiger partial charge is 0.323 e. The SMILES string of the molecule is O=C(O)CN1C(=O)C(=Cc2cnn(-c3ccccc3)c2)c2ccccc2C1=O. The number of fused-ring (bicyclic) bond motifs is 1. The number of para-hydroxylation sites is 1. The van der Waals surface area contributed by atoms with Gasteiger partial charge in [0.2, 0.25) is 0 Å². The summed E-state index contributed by atoms with van der Waals surface area (Å²) in [7, 11) is 0. The molecule has 138 valence electrons. The quantitative estimate of drug-likeness (QED) is 0.560. The van der Waals surface area contributed by atoms with Crippen molar-refractivity contribution in [1.82, 2.24) is 14.7 Å². The maximum atomic E-state index is 12.9. The van der Waals surface area contributed by atoms with Gasteiger partial charge in [-0.1, -0.05) is 36.4 Å². The van der Waals surface area contributed by atoms with Gasteiger partial charge in [0.25, 0.3) is 11.8 Å². The van der Waals surface area contributed by atoms with Gasteiger partial charge in [0.05, 0.1) is 11.9 Å². The van der Waals surface area contributed by atoms with Crippen LogP contribution in [0, 0.1) is 0 Å². The van der Waals surface area contributed by atoms with Gasteiger partial charge in [0.1, 0.15) is 6.54 Å². The third-order valence-corrected chi connectivity index (χ3v) is 4.40. The van der Waals surface area contributed by atoms with Crippen LogP contribution in [0.1, 0.15) is 21.5 Å². The molecule has 3 aromatic rings. The van der Waals surface area contributed by atoms with E-state index in [-0.39, 0.29) is 5.57 Å². The Balaban J connectivity index is 1.78. The predicted molar refractivity (Wildman–Crippen MR) is 102 cm³/mol. The molecule has 2 aromatic carbocycles. The molecule has 0 aliphatic carbocycles. The lowest BCUT2D eigenvalue weighted by atomic mass is 9.92. The van der Waals surface area contributed by atoms with Gasteiger partial charge in [-0.2, -0.15) is 5.10 Å². The number of benzene rings is 2. The van der Waals surface area contributed by atoms with E-state index in [0.29, 0.717) is 16.7 Å². The molecule has 0 radical (unpaired) electrons. The average Bonchev–Trinajstić information content (AvgIpc) is 3.18. The van der Waals surface area contributed by atoms with E-state index in [1.165, 1.54) is 0 Å². The molecule has 0 spiro atoms. The van der Waals surface area contributed by atoms with Gasteiger partial charge in [-0.05, 0) is 29.8 Å². The number of carboxylic acid groups (broad SMARTS) is 1. The largest absolute Gasteiger partial charge is 0.480 e. The number of aromatic nitrogens is 2. The first kappa shape index (κ1) is 17.4. The van der Waals surface area contributed by atoms with Crippen LogP contribution >= 0.6 is 0 Å². The summed E-state index contributed by atoms with van der Waals surface area (Å²) >= 11 is 0. The lowest BCUT2D eigenvalue weighted by molar-refractivity contribution is -0.141. The number of amides is 2. The Bertz CT molecular complexity index is 1120. The zero-order chi connectivity index (χ0) is 19.7. The fraction of sp³-hybridized carbons (Fsp3) is 0.0476. The van der Waals surface area contributed by atoms with Crippen molar-refractivity contribution in [2.75, 3.05) is 6.54 Å². The molecule has 2 amide bonds. The van der Waals surface area contributed by atoms with Crippen LogP contribution in [-0.4, -0.2) is 44.1 Å². The highest BCUT2D eigenvalue weighted by atomic mass is 16.4. The minimum Gasteiger partial charge on any atom is -0.480 e. The van der Waals surface area contributed by atoms with Crippen LogP contribution in [0.3, 0.4) is 0 Å². The molecular weight excluding hydrogens is 358 g/mol. The Labute approximate surface area is 160 Å². The molecule has 7 nitrogen and oxygen atoms in total. The van der Waals surface area contributed by atoms with Crippen molar-refractivity contribution >= 4 is 29.4 Å². The number of hydrogen-bond donors (Lipinski definition) is 1. The first-order valence-corrected chi connectivity index (χ1v) is 8.54. The topological polar surface area (TPSA) is 92.5 Å². The number of aliphatic carboxylic acids is 1. The maximum absolute atomic E-state index is 12.9. The minimum absolute atomic E-state index is 0.254. The predicted octanol–water partition coefficient (Wildman–Crippen LogP) is 2.48. The third-order valence-electron chi connectivity index (χ3n) is 4.40. The third kappa shape index (κ3) is 3.09. The maximum Gasteiger partial charge on any atom is 0.323 e. The van der Waals surface area contributed by atoms with Gasteiger partial charge in [0.15, 0.2) is 0 Å². The van der Waals surface area contributed by atoms with Crippen LogP contribution in [0.25, 0.3) is 17.3 Å².